The monoisotopic (exact) mass is 372 g/mol. The number of aromatic nitrogens is 3. The van der Waals surface area contributed by atoms with Crippen molar-refractivity contribution in [2.45, 2.75) is 0 Å². The van der Waals surface area contributed by atoms with E-state index in [9.17, 15) is 4.79 Å². The van der Waals surface area contributed by atoms with Crippen LogP contribution in [0.2, 0.25) is 0 Å². The number of rotatable bonds is 6. The molecular formula is C21H16N4O3. The van der Waals surface area contributed by atoms with E-state index in [-0.39, 0.29) is 12.5 Å². The third-order valence-electron chi connectivity index (χ3n) is 3.84. The molecule has 0 aliphatic heterocycles. The molecule has 7 nitrogen and oxygen atoms in total. The Balaban J connectivity index is 1.42. The minimum absolute atomic E-state index is 0.140. The fourth-order valence-electron chi connectivity index (χ4n) is 2.53. The zero-order chi connectivity index (χ0) is 19.2. The van der Waals surface area contributed by atoms with Crippen molar-refractivity contribution in [3.8, 4) is 28.6 Å². The second-order valence-corrected chi connectivity index (χ2v) is 5.87. The minimum Gasteiger partial charge on any atom is -0.484 e. The maximum atomic E-state index is 12.0. The van der Waals surface area contributed by atoms with E-state index >= 15 is 0 Å². The van der Waals surface area contributed by atoms with Crippen LogP contribution in [0, 0.1) is 0 Å². The molecule has 138 valence electrons. The summed E-state index contributed by atoms with van der Waals surface area (Å²) in [5.74, 6) is 1.59. The average Bonchev–Trinajstić information content (AvgIpc) is 3.24. The Bertz CT molecular complexity index is 1070. The molecule has 0 spiro atoms. The normalized spacial score (nSPS) is 10.4. The number of hydrogen-bond donors (Lipinski definition) is 1. The second-order valence-electron chi connectivity index (χ2n) is 5.87. The first-order valence-corrected chi connectivity index (χ1v) is 8.61. The summed E-state index contributed by atoms with van der Waals surface area (Å²) in [6.45, 7) is -0.140. The van der Waals surface area contributed by atoms with Crippen molar-refractivity contribution in [2.24, 2.45) is 0 Å². The van der Waals surface area contributed by atoms with Crippen LogP contribution in [0.4, 0.5) is 5.82 Å². The summed E-state index contributed by atoms with van der Waals surface area (Å²) in [6, 6.07) is 22.0. The van der Waals surface area contributed by atoms with Gasteiger partial charge in [-0.05, 0) is 30.3 Å². The lowest BCUT2D eigenvalue weighted by Gasteiger charge is -2.07. The Morgan fingerprint density at radius 1 is 0.964 bits per heavy atom. The minimum atomic E-state index is -0.298. The van der Waals surface area contributed by atoms with Gasteiger partial charge in [0.2, 0.25) is 5.82 Å². The topological polar surface area (TPSA) is 90.1 Å². The number of hydrogen-bond acceptors (Lipinski definition) is 6. The molecule has 7 heteroatoms. The Labute approximate surface area is 161 Å². The third kappa shape index (κ3) is 4.21. The zero-order valence-corrected chi connectivity index (χ0v) is 14.8. The summed E-state index contributed by atoms with van der Waals surface area (Å²) in [5.41, 5.74) is 1.58. The predicted octanol–water partition coefficient (Wildman–Crippen LogP) is 3.82. The summed E-state index contributed by atoms with van der Waals surface area (Å²) in [5, 5.41) is 6.68. The molecule has 0 radical (unpaired) electrons. The molecule has 0 saturated carbocycles. The molecule has 0 unspecified atom stereocenters. The van der Waals surface area contributed by atoms with Gasteiger partial charge in [0.1, 0.15) is 11.6 Å². The molecule has 1 N–H and O–H groups in total. The van der Waals surface area contributed by atoms with Crippen LogP contribution in [-0.2, 0) is 4.79 Å². The van der Waals surface area contributed by atoms with Crippen LogP contribution in [0.25, 0.3) is 22.8 Å². The van der Waals surface area contributed by atoms with E-state index in [2.05, 4.69) is 20.4 Å². The summed E-state index contributed by atoms with van der Waals surface area (Å²) in [7, 11) is 0. The summed E-state index contributed by atoms with van der Waals surface area (Å²) < 4.78 is 10.9. The second kappa shape index (κ2) is 8.13. The van der Waals surface area contributed by atoms with Gasteiger partial charge in [-0.15, -0.1) is 0 Å². The highest BCUT2D eigenvalue weighted by Crippen LogP contribution is 2.25. The average molecular weight is 372 g/mol. The lowest BCUT2D eigenvalue weighted by atomic mass is 10.2. The smallest absolute Gasteiger partial charge is 0.263 e. The number of pyridine rings is 1. The van der Waals surface area contributed by atoms with Crippen molar-refractivity contribution in [2.75, 3.05) is 11.9 Å². The van der Waals surface area contributed by atoms with Gasteiger partial charge in [-0.25, -0.2) is 4.98 Å². The van der Waals surface area contributed by atoms with Gasteiger partial charge in [-0.3, -0.25) is 4.79 Å². The van der Waals surface area contributed by atoms with Gasteiger partial charge in [-0.2, -0.15) is 4.98 Å². The first-order chi connectivity index (χ1) is 13.8. The van der Waals surface area contributed by atoms with E-state index in [4.69, 9.17) is 9.26 Å². The molecule has 1 amide bonds. The molecule has 2 aromatic heterocycles. The fourth-order valence-corrected chi connectivity index (χ4v) is 2.53. The molecule has 0 atom stereocenters. The number of amides is 1. The van der Waals surface area contributed by atoms with Crippen LogP contribution >= 0.6 is 0 Å². The van der Waals surface area contributed by atoms with Gasteiger partial charge in [0.05, 0.1) is 0 Å². The van der Waals surface area contributed by atoms with Crippen LogP contribution in [0.3, 0.4) is 0 Å². The molecule has 28 heavy (non-hydrogen) atoms. The number of nitrogens with zero attached hydrogens (tertiary/aromatic N) is 3. The molecule has 0 fully saturated rings. The Morgan fingerprint density at radius 3 is 2.61 bits per heavy atom. The van der Waals surface area contributed by atoms with E-state index in [1.807, 2.05) is 36.4 Å². The van der Waals surface area contributed by atoms with Crippen molar-refractivity contribution in [1.29, 1.82) is 0 Å². The van der Waals surface area contributed by atoms with Gasteiger partial charge in [0, 0.05) is 17.3 Å². The SMILES string of the molecule is O=C(COc1cccc(-c2nc(-c3ccccc3)no2)c1)Nc1ccccn1. The van der Waals surface area contributed by atoms with Gasteiger partial charge in [0.25, 0.3) is 11.8 Å². The highest BCUT2D eigenvalue weighted by molar-refractivity contribution is 5.90. The van der Waals surface area contributed by atoms with E-state index in [1.54, 1.807) is 42.6 Å². The van der Waals surface area contributed by atoms with Gasteiger partial charge < -0.3 is 14.6 Å². The molecule has 4 rings (SSSR count). The van der Waals surface area contributed by atoms with Crippen LogP contribution in [0.5, 0.6) is 5.75 Å². The lowest BCUT2D eigenvalue weighted by Crippen LogP contribution is -2.20. The van der Waals surface area contributed by atoms with Crippen molar-refractivity contribution in [1.82, 2.24) is 15.1 Å². The predicted molar refractivity (Wildman–Crippen MR) is 104 cm³/mol. The quantitative estimate of drug-likeness (QED) is 0.553. The van der Waals surface area contributed by atoms with Crippen LogP contribution in [0.1, 0.15) is 0 Å². The summed E-state index contributed by atoms with van der Waals surface area (Å²) >= 11 is 0. The molecule has 2 aromatic carbocycles. The Hall–Kier alpha value is -4.00. The largest absolute Gasteiger partial charge is 0.484 e. The van der Waals surface area contributed by atoms with Gasteiger partial charge in [-0.1, -0.05) is 47.6 Å². The lowest BCUT2D eigenvalue weighted by molar-refractivity contribution is -0.118. The zero-order valence-electron chi connectivity index (χ0n) is 14.8. The number of carbonyl (C=O) groups is 1. The van der Waals surface area contributed by atoms with E-state index in [0.29, 0.717) is 28.8 Å². The first-order valence-electron chi connectivity index (χ1n) is 8.61. The highest BCUT2D eigenvalue weighted by Gasteiger charge is 2.11. The molecule has 2 heterocycles. The maximum Gasteiger partial charge on any atom is 0.263 e. The van der Waals surface area contributed by atoms with E-state index < -0.39 is 0 Å². The molecular weight excluding hydrogens is 356 g/mol. The van der Waals surface area contributed by atoms with Crippen molar-refractivity contribution in [3.63, 3.8) is 0 Å². The fraction of sp³-hybridized carbons (Fsp3) is 0.0476. The van der Waals surface area contributed by atoms with Crippen LogP contribution in [0.15, 0.2) is 83.5 Å². The van der Waals surface area contributed by atoms with Crippen LogP contribution in [-0.4, -0.2) is 27.6 Å². The molecule has 0 saturated heterocycles. The van der Waals surface area contributed by atoms with E-state index in [0.717, 1.165) is 5.56 Å². The van der Waals surface area contributed by atoms with Crippen molar-refractivity contribution >= 4 is 11.7 Å². The number of carbonyl (C=O) groups excluding carboxylic acids is 1. The highest BCUT2D eigenvalue weighted by atomic mass is 16.5. The number of ether oxygens (including phenoxy) is 1. The molecule has 0 bridgehead atoms. The number of nitrogens with one attached hydrogen (secondary N) is 1. The molecule has 0 aliphatic rings. The summed E-state index contributed by atoms with van der Waals surface area (Å²) in [4.78, 5) is 20.4. The number of anilines is 1. The molecule has 0 aliphatic carbocycles. The van der Waals surface area contributed by atoms with Crippen LogP contribution < -0.4 is 10.1 Å². The summed E-state index contributed by atoms with van der Waals surface area (Å²) in [6.07, 6.45) is 1.61. The van der Waals surface area contributed by atoms with Gasteiger partial charge in [0.15, 0.2) is 6.61 Å². The van der Waals surface area contributed by atoms with Crippen molar-refractivity contribution < 1.29 is 14.1 Å². The van der Waals surface area contributed by atoms with Crippen molar-refractivity contribution in [3.05, 3.63) is 79.0 Å². The van der Waals surface area contributed by atoms with Gasteiger partial charge >= 0.3 is 0 Å². The third-order valence-corrected chi connectivity index (χ3v) is 3.84. The molecule has 4 aromatic rings. The first kappa shape index (κ1) is 17.4. The Morgan fingerprint density at radius 2 is 1.79 bits per heavy atom. The number of benzene rings is 2. The maximum absolute atomic E-state index is 12.0. The Kier molecular flexibility index (Phi) is 5.06. The standard InChI is InChI=1S/C21H16N4O3/c26-19(23-18-11-4-5-12-22-18)14-27-17-10-6-9-16(13-17)21-24-20(25-28-21)15-7-2-1-3-8-15/h1-13H,14H2,(H,22,23,26). The van der Waals surface area contributed by atoms with E-state index in [1.165, 1.54) is 0 Å².